The van der Waals surface area contributed by atoms with E-state index in [2.05, 4.69) is 18.8 Å². The van der Waals surface area contributed by atoms with Crippen LogP contribution in [0.2, 0.25) is 0 Å². The Bertz CT molecular complexity index is 1630. The van der Waals surface area contributed by atoms with Gasteiger partial charge < -0.3 is 24.1 Å². The highest BCUT2D eigenvalue weighted by Gasteiger charge is 2.48. The Kier molecular flexibility index (Phi) is 13.6. The van der Waals surface area contributed by atoms with E-state index in [1.54, 1.807) is 49.4 Å². The van der Waals surface area contributed by atoms with Crippen LogP contribution in [0.5, 0.6) is 17.2 Å². The second-order valence-corrected chi connectivity index (χ2v) is 13.4. The van der Waals surface area contributed by atoms with Crippen molar-refractivity contribution in [2.75, 3.05) is 31.8 Å². The predicted molar refractivity (Wildman–Crippen MR) is 191 cm³/mol. The van der Waals surface area contributed by atoms with Gasteiger partial charge in [0, 0.05) is 5.56 Å². The zero-order valence-electron chi connectivity index (χ0n) is 29.4. The van der Waals surface area contributed by atoms with Gasteiger partial charge in [0.2, 0.25) is 0 Å². The number of carbonyl (C=O) groups excluding carboxylic acids is 3. The van der Waals surface area contributed by atoms with Gasteiger partial charge in [-0.05, 0) is 67.6 Å². The van der Waals surface area contributed by atoms with Gasteiger partial charge in [-0.1, -0.05) is 77.2 Å². The lowest BCUT2D eigenvalue weighted by Crippen LogP contribution is -2.29. The summed E-state index contributed by atoms with van der Waals surface area (Å²) in [7, 11) is 1.52. The van der Waals surface area contributed by atoms with E-state index in [9.17, 15) is 19.5 Å². The molecular formula is C38H48N2O8S. The second kappa shape index (κ2) is 17.9. The number of hydrogen-bond donors (Lipinski definition) is 1. The summed E-state index contributed by atoms with van der Waals surface area (Å²) in [6.45, 7) is 11.1. The first kappa shape index (κ1) is 37.4. The lowest BCUT2D eigenvalue weighted by molar-refractivity contribution is -0.132. The van der Waals surface area contributed by atoms with Gasteiger partial charge in [-0.3, -0.25) is 14.5 Å². The first-order valence-corrected chi connectivity index (χ1v) is 17.9. The summed E-state index contributed by atoms with van der Waals surface area (Å²) in [5, 5.41) is 11.8. The number of Topliss-reactive ketones (excluding diaryl/α,β-unsaturated/α-hetero) is 1. The molecule has 0 spiro atoms. The molecule has 11 heteroatoms. The minimum Gasteiger partial charge on any atom is -0.507 e. The van der Waals surface area contributed by atoms with Crippen LogP contribution >= 0.6 is 11.3 Å². The summed E-state index contributed by atoms with van der Waals surface area (Å²) >= 11 is 0.964. The Hall–Kier alpha value is -4.38. The van der Waals surface area contributed by atoms with Gasteiger partial charge in [-0.2, -0.15) is 0 Å². The Morgan fingerprint density at radius 1 is 0.939 bits per heavy atom. The van der Waals surface area contributed by atoms with Crippen molar-refractivity contribution in [3.05, 3.63) is 69.7 Å². The van der Waals surface area contributed by atoms with Crippen molar-refractivity contribution < 1.29 is 38.4 Å². The molecule has 1 amide bonds. The summed E-state index contributed by atoms with van der Waals surface area (Å²) in [4.78, 5) is 46.6. The van der Waals surface area contributed by atoms with Gasteiger partial charge in [0.25, 0.3) is 5.78 Å². The lowest BCUT2D eigenvalue weighted by Gasteiger charge is -2.24. The van der Waals surface area contributed by atoms with E-state index in [1.807, 2.05) is 13.8 Å². The molecule has 0 bridgehead atoms. The molecule has 10 nitrogen and oxygen atoms in total. The third kappa shape index (κ3) is 9.20. The number of ether oxygens (including phenoxy) is 4. The van der Waals surface area contributed by atoms with Crippen LogP contribution in [-0.4, -0.2) is 54.7 Å². The van der Waals surface area contributed by atoms with Crippen LogP contribution in [0.25, 0.3) is 5.76 Å². The van der Waals surface area contributed by atoms with Gasteiger partial charge in [-0.15, -0.1) is 0 Å². The first-order valence-electron chi connectivity index (χ1n) is 17.1. The summed E-state index contributed by atoms with van der Waals surface area (Å²) < 4.78 is 22.9. The third-order valence-corrected chi connectivity index (χ3v) is 9.21. The maximum absolute atomic E-state index is 13.8. The lowest BCUT2D eigenvalue weighted by atomic mass is 9.95. The smallest absolute Gasteiger partial charge is 0.350 e. The number of anilines is 1. The monoisotopic (exact) mass is 692 g/mol. The highest BCUT2D eigenvalue weighted by molar-refractivity contribution is 7.17. The van der Waals surface area contributed by atoms with E-state index in [-0.39, 0.29) is 33.9 Å². The van der Waals surface area contributed by atoms with Crippen molar-refractivity contribution in [3.63, 3.8) is 0 Å². The van der Waals surface area contributed by atoms with E-state index in [1.165, 1.54) is 18.4 Å². The number of aryl methyl sites for hydroxylation is 1. The van der Waals surface area contributed by atoms with E-state index in [0.29, 0.717) is 47.3 Å². The fraction of sp³-hybridized carbons (Fsp3) is 0.474. The van der Waals surface area contributed by atoms with E-state index in [0.717, 1.165) is 49.9 Å². The van der Waals surface area contributed by atoms with Crippen LogP contribution in [0.15, 0.2) is 48.0 Å². The molecule has 0 unspecified atom stereocenters. The number of unbranched alkanes of at least 4 members (excludes halogenated alkanes) is 5. The number of amides is 1. The van der Waals surface area contributed by atoms with Crippen molar-refractivity contribution in [1.82, 2.24) is 4.98 Å². The largest absolute Gasteiger partial charge is 0.507 e. The van der Waals surface area contributed by atoms with E-state index >= 15 is 0 Å². The number of ketones is 1. The number of nitrogens with zero attached hydrogens (tertiary/aromatic N) is 2. The molecule has 2 heterocycles. The Morgan fingerprint density at radius 3 is 2.31 bits per heavy atom. The summed E-state index contributed by atoms with van der Waals surface area (Å²) in [5.41, 5.74) is 1.08. The Morgan fingerprint density at radius 2 is 1.63 bits per heavy atom. The minimum atomic E-state index is -1.08. The zero-order chi connectivity index (χ0) is 35.5. The Balaban J connectivity index is 1.76. The average molecular weight is 693 g/mol. The molecule has 1 N–H and O–H groups in total. The van der Waals surface area contributed by atoms with Crippen LogP contribution in [0.1, 0.15) is 105 Å². The molecule has 0 aliphatic carbocycles. The quantitative estimate of drug-likeness (QED) is 0.0460. The fourth-order valence-electron chi connectivity index (χ4n) is 5.39. The van der Waals surface area contributed by atoms with Crippen molar-refractivity contribution >= 4 is 39.9 Å². The predicted octanol–water partition coefficient (Wildman–Crippen LogP) is 8.43. The van der Waals surface area contributed by atoms with Crippen molar-refractivity contribution in [2.45, 2.75) is 85.6 Å². The molecule has 1 saturated heterocycles. The summed E-state index contributed by atoms with van der Waals surface area (Å²) in [6.07, 6.45) is 7.37. The molecule has 264 valence electrons. The number of methoxy groups -OCH3 is 1. The Labute approximate surface area is 293 Å². The standard InChI is InChI=1S/C38H48N2O8S/c1-7-9-11-12-13-21-47-29-19-16-27(22-30(29)45-6)32-31(33(41)26-14-17-28(18-15-26)46-20-10-8-2)34(42)36(43)40(32)38-39-25(5)35(49-38)37(44)48-23-24(3)4/h14-19,22,24,32,41H,7-13,20-21,23H2,1-6H3/t32-/m0/s1. The highest BCUT2D eigenvalue weighted by atomic mass is 32.1. The van der Waals surface area contributed by atoms with Gasteiger partial charge in [0.05, 0.1) is 44.2 Å². The molecule has 4 rings (SSSR count). The molecule has 1 aromatic heterocycles. The maximum atomic E-state index is 13.8. The van der Waals surface area contributed by atoms with Crippen molar-refractivity contribution in [3.8, 4) is 17.2 Å². The number of carbonyl (C=O) groups is 3. The number of aliphatic hydroxyl groups excluding tert-OH is 1. The average Bonchev–Trinajstić information content (AvgIpc) is 3.61. The van der Waals surface area contributed by atoms with Gasteiger partial charge in [0.15, 0.2) is 16.6 Å². The number of hydrogen-bond acceptors (Lipinski definition) is 10. The first-order chi connectivity index (χ1) is 23.6. The molecule has 1 fully saturated rings. The summed E-state index contributed by atoms with van der Waals surface area (Å²) in [5.74, 6) is -0.958. The van der Waals surface area contributed by atoms with Crippen LogP contribution in [0.4, 0.5) is 5.13 Å². The number of aromatic nitrogens is 1. The van der Waals surface area contributed by atoms with Gasteiger partial charge in [-0.25, -0.2) is 9.78 Å². The molecule has 49 heavy (non-hydrogen) atoms. The molecule has 3 aromatic rings. The van der Waals surface area contributed by atoms with Gasteiger partial charge >= 0.3 is 11.9 Å². The normalized spacial score (nSPS) is 15.6. The topological polar surface area (TPSA) is 124 Å². The molecule has 1 aliphatic rings. The van der Waals surface area contributed by atoms with E-state index in [4.69, 9.17) is 18.9 Å². The van der Waals surface area contributed by atoms with Gasteiger partial charge in [0.1, 0.15) is 16.4 Å². The molecule has 0 saturated carbocycles. The third-order valence-electron chi connectivity index (χ3n) is 8.07. The number of benzene rings is 2. The minimum absolute atomic E-state index is 0.118. The van der Waals surface area contributed by atoms with Crippen molar-refractivity contribution in [2.24, 2.45) is 5.92 Å². The molecule has 0 radical (unpaired) electrons. The number of thiazole rings is 1. The zero-order valence-corrected chi connectivity index (χ0v) is 30.2. The van der Waals surface area contributed by atoms with Crippen molar-refractivity contribution in [1.29, 1.82) is 0 Å². The number of rotatable bonds is 18. The van der Waals surface area contributed by atoms with Crippen LogP contribution in [0, 0.1) is 12.8 Å². The number of esters is 1. The molecule has 1 atom stereocenters. The molecule has 1 aliphatic heterocycles. The SMILES string of the molecule is CCCCCCCOc1ccc([C@H]2C(=C(O)c3ccc(OCCCC)cc3)C(=O)C(=O)N2c2nc(C)c(C(=O)OCC(C)C)s2)cc1OC. The maximum Gasteiger partial charge on any atom is 0.350 e. The second-order valence-electron chi connectivity index (χ2n) is 12.5. The molecular weight excluding hydrogens is 644 g/mol. The van der Waals surface area contributed by atoms with E-state index < -0.39 is 23.7 Å². The van der Waals surface area contributed by atoms with Crippen LogP contribution in [0.3, 0.4) is 0 Å². The summed E-state index contributed by atoms with van der Waals surface area (Å²) in [6, 6.07) is 10.8. The number of aliphatic hydroxyl groups is 1. The fourth-order valence-corrected chi connectivity index (χ4v) is 6.38. The highest BCUT2D eigenvalue weighted by Crippen LogP contribution is 2.45. The molecule has 2 aromatic carbocycles. The van der Waals surface area contributed by atoms with Crippen LogP contribution in [-0.2, 0) is 14.3 Å². The van der Waals surface area contributed by atoms with Crippen LogP contribution < -0.4 is 19.1 Å².